The maximum absolute atomic E-state index is 14.1. The molecule has 2 atom stereocenters. The average Bonchev–Trinajstić information content (AvgIpc) is 3.28. The van der Waals surface area contributed by atoms with E-state index in [0.717, 1.165) is 29.7 Å². The van der Waals surface area contributed by atoms with E-state index in [0.29, 0.717) is 18.8 Å². The molecule has 2 amide bonds. The third kappa shape index (κ3) is 6.72. The normalized spacial score (nSPS) is 16.3. The summed E-state index contributed by atoms with van der Waals surface area (Å²) in [5, 5.41) is 12.9. The fourth-order valence-corrected chi connectivity index (χ4v) is 4.83. The number of benzene rings is 3. The minimum Gasteiger partial charge on any atom is -0.392 e. The van der Waals surface area contributed by atoms with Gasteiger partial charge in [0.2, 0.25) is 11.8 Å². The van der Waals surface area contributed by atoms with Crippen molar-refractivity contribution in [3.8, 4) is 0 Å². The van der Waals surface area contributed by atoms with Gasteiger partial charge in [0.1, 0.15) is 0 Å². The highest BCUT2D eigenvalue weighted by Crippen LogP contribution is 2.32. The van der Waals surface area contributed by atoms with E-state index >= 15 is 0 Å². The summed E-state index contributed by atoms with van der Waals surface area (Å²) in [5.41, 5.74) is 3.52. The van der Waals surface area contributed by atoms with Gasteiger partial charge in [0.25, 0.3) is 0 Å². The van der Waals surface area contributed by atoms with E-state index < -0.39 is 5.92 Å². The molecule has 1 aliphatic heterocycles. The lowest BCUT2D eigenvalue weighted by Gasteiger charge is -2.34. The van der Waals surface area contributed by atoms with Crippen molar-refractivity contribution in [2.24, 2.45) is 0 Å². The van der Waals surface area contributed by atoms with Crippen molar-refractivity contribution in [3.63, 3.8) is 0 Å². The van der Waals surface area contributed by atoms with Gasteiger partial charge in [-0.05, 0) is 35.2 Å². The number of nitrogens with zero attached hydrogens (tertiary/aromatic N) is 2. The van der Waals surface area contributed by atoms with Crippen LogP contribution in [0.1, 0.15) is 42.0 Å². The fourth-order valence-electron chi connectivity index (χ4n) is 4.83. The van der Waals surface area contributed by atoms with Gasteiger partial charge >= 0.3 is 0 Å². The summed E-state index contributed by atoms with van der Waals surface area (Å²) in [6.45, 7) is 3.45. The van der Waals surface area contributed by atoms with Crippen LogP contribution in [0.25, 0.3) is 0 Å². The number of carbonyl (C=O) groups is 2. The van der Waals surface area contributed by atoms with Crippen LogP contribution >= 0.6 is 12.4 Å². The molecule has 1 aliphatic rings. The molecule has 0 aliphatic carbocycles. The zero-order valence-electron chi connectivity index (χ0n) is 20.7. The van der Waals surface area contributed by atoms with Crippen molar-refractivity contribution < 1.29 is 14.7 Å². The number of amides is 2. The number of hydrogen-bond acceptors (Lipinski definition) is 4. The quantitative estimate of drug-likeness (QED) is 0.472. The Hall–Kier alpha value is -3.19. The number of aliphatic hydroxyl groups is 1. The summed E-state index contributed by atoms with van der Waals surface area (Å²) in [7, 11) is 1.85. The number of nitrogens with one attached hydrogen (secondary N) is 1. The molecule has 1 saturated heterocycles. The number of aliphatic hydroxyl groups excluding tert-OH is 1. The lowest BCUT2D eigenvalue weighted by Crippen LogP contribution is -2.41. The van der Waals surface area contributed by atoms with Crippen LogP contribution in [0.5, 0.6) is 0 Å². The molecule has 0 spiro atoms. The number of anilines is 1. The molecule has 36 heavy (non-hydrogen) atoms. The molecule has 4 rings (SSSR count). The summed E-state index contributed by atoms with van der Waals surface area (Å²) < 4.78 is 0. The zero-order chi connectivity index (χ0) is 24.8. The first-order chi connectivity index (χ1) is 16.9. The Morgan fingerprint density at radius 2 is 1.56 bits per heavy atom. The average molecular weight is 508 g/mol. The van der Waals surface area contributed by atoms with Crippen LogP contribution in [0.15, 0.2) is 84.9 Å². The Labute approximate surface area is 219 Å². The summed E-state index contributed by atoms with van der Waals surface area (Å²) in [4.78, 5) is 29.8. The van der Waals surface area contributed by atoms with Crippen LogP contribution in [-0.4, -0.2) is 59.5 Å². The van der Waals surface area contributed by atoms with E-state index in [1.807, 2.05) is 96.9 Å². The van der Waals surface area contributed by atoms with E-state index in [9.17, 15) is 14.7 Å². The predicted molar refractivity (Wildman–Crippen MR) is 145 cm³/mol. The number of β-amino-alcohol motifs (C(OH)–C–C–N with tert-alkyl or cyclic N) is 1. The third-order valence-electron chi connectivity index (χ3n) is 6.60. The van der Waals surface area contributed by atoms with Crippen LogP contribution in [0.3, 0.4) is 0 Å². The van der Waals surface area contributed by atoms with Crippen molar-refractivity contribution in [2.75, 3.05) is 32.0 Å². The van der Waals surface area contributed by atoms with Gasteiger partial charge in [-0.15, -0.1) is 12.4 Å². The summed E-state index contributed by atoms with van der Waals surface area (Å²) in [6.07, 6.45) is 0.385. The minimum atomic E-state index is -0.437. The molecule has 0 saturated carbocycles. The van der Waals surface area contributed by atoms with Gasteiger partial charge in [-0.3, -0.25) is 14.5 Å². The SMILES string of the molecule is CC(=O)Nc1cccc([C@@H](CN2CC[C@H](O)C2)N(C)C(=O)C(c2ccccc2)c2ccccc2)c1.Cl. The number of likely N-dealkylation sites (N-methyl/N-ethyl adjacent to an activating group) is 1. The van der Waals surface area contributed by atoms with E-state index in [2.05, 4.69) is 10.2 Å². The Balaban J connectivity index is 0.00000361. The Kier molecular flexibility index (Phi) is 9.65. The highest BCUT2D eigenvalue weighted by Gasteiger charge is 2.33. The van der Waals surface area contributed by atoms with Gasteiger partial charge in [-0.2, -0.15) is 0 Å². The molecule has 3 aromatic rings. The molecular weight excluding hydrogens is 474 g/mol. The maximum Gasteiger partial charge on any atom is 0.234 e. The summed E-state index contributed by atoms with van der Waals surface area (Å²) >= 11 is 0. The van der Waals surface area contributed by atoms with E-state index in [-0.39, 0.29) is 36.4 Å². The lowest BCUT2D eigenvalue weighted by molar-refractivity contribution is -0.133. The van der Waals surface area contributed by atoms with Crippen LogP contribution in [0, 0.1) is 0 Å². The molecule has 190 valence electrons. The first kappa shape index (κ1) is 27.4. The highest BCUT2D eigenvalue weighted by molar-refractivity contribution is 5.89. The smallest absolute Gasteiger partial charge is 0.234 e. The van der Waals surface area contributed by atoms with Crippen molar-refractivity contribution >= 4 is 29.9 Å². The molecule has 1 heterocycles. The van der Waals surface area contributed by atoms with Gasteiger partial charge in [0.05, 0.1) is 18.1 Å². The van der Waals surface area contributed by atoms with Crippen LogP contribution < -0.4 is 5.32 Å². The van der Waals surface area contributed by atoms with Crippen molar-refractivity contribution in [1.29, 1.82) is 0 Å². The predicted octanol–water partition coefficient (Wildman–Crippen LogP) is 4.47. The topological polar surface area (TPSA) is 72.9 Å². The zero-order valence-corrected chi connectivity index (χ0v) is 21.5. The van der Waals surface area contributed by atoms with Gasteiger partial charge in [0.15, 0.2) is 0 Å². The lowest BCUT2D eigenvalue weighted by atomic mass is 9.89. The van der Waals surface area contributed by atoms with Crippen molar-refractivity contribution in [2.45, 2.75) is 31.4 Å². The van der Waals surface area contributed by atoms with Crippen molar-refractivity contribution in [3.05, 3.63) is 102 Å². The van der Waals surface area contributed by atoms with E-state index in [1.54, 1.807) is 0 Å². The first-order valence-corrected chi connectivity index (χ1v) is 12.1. The number of carbonyl (C=O) groups excluding carboxylic acids is 2. The molecule has 3 aromatic carbocycles. The second-order valence-electron chi connectivity index (χ2n) is 9.23. The van der Waals surface area contributed by atoms with E-state index in [4.69, 9.17) is 0 Å². The van der Waals surface area contributed by atoms with Crippen LogP contribution in [-0.2, 0) is 9.59 Å². The number of likely N-dealkylation sites (tertiary alicyclic amines) is 1. The monoisotopic (exact) mass is 507 g/mol. The molecule has 0 radical (unpaired) electrons. The van der Waals surface area contributed by atoms with E-state index in [1.165, 1.54) is 6.92 Å². The molecule has 0 aromatic heterocycles. The van der Waals surface area contributed by atoms with Gasteiger partial charge in [-0.25, -0.2) is 0 Å². The highest BCUT2D eigenvalue weighted by atomic mass is 35.5. The molecule has 6 nitrogen and oxygen atoms in total. The molecule has 0 unspecified atom stereocenters. The summed E-state index contributed by atoms with van der Waals surface area (Å²) in [5.74, 6) is -0.580. The maximum atomic E-state index is 14.1. The second-order valence-corrected chi connectivity index (χ2v) is 9.23. The second kappa shape index (κ2) is 12.7. The first-order valence-electron chi connectivity index (χ1n) is 12.1. The van der Waals surface area contributed by atoms with Crippen LogP contribution in [0.4, 0.5) is 5.69 Å². The van der Waals surface area contributed by atoms with Gasteiger partial charge in [-0.1, -0.05) is 72.8 Å². The standard InChI is InChI=1S/C29H33N3O3.ClH/c1-21(33)30-25-15-9-14-24(18-25)27(20-32-17-16-26(34)19-32)31(2)29(35)28(22-10-5-3-6-11-22)23-12-7-4-8-13-23;/h3-15,18,26-28,34H,16-17,19-20H2,1-2H3,(H,30,33);1H/t26-,27+;/m0./s1. The molecular formula is C29H34ClN3O3. The minimum absolute atomic E-state index is 0. The number of halogens is 1. The number of rotatable bonds is 8. The molecule has 2 N–H and O–H groups in total. The fraction of sp³-hybridized carbons (Fsp3) is 0.310. The van der Waals surface area contributed by atoms with Crippen molar-refractivity contribution in [1.82, 2.24) is 9.80 Å². The molecule has 0 bridgehead atoms. The summed E-state index contributed by atoms with van der Waals surface area (Å²) in [6, 6.07) is 27.1. The largest absolute Gasteiger partial charge is 0.392 e. The van der Waals surface area contributed by atoms with Gasteiger partial charge in [0, 0.05) is 39.3 Å². The Morgan fingerprint density at radius 1 is 0.972 bits per heavy atom. The number of hydrogen-bond donors (Lipinski definition) is 2. The Morgan fingerprint density at radius 3 is 2.08 bits per heavy atom. The Bertz CT molecular complexity index is 1100. The van der Waals surface area contributed by atoms with Gasteiger partial charge < -0.3 is 15.3 Å². The third-order valence-corrected chi connectivity index (χ3v) is 6.60. The molecule has 1 fully saturated rings. The molecule has 7 heteroatoms. The van der Waals surface area contributed by atoms with Crippen LogP contribution in [0.2, 0.25) is 0 Å².